The molecule has 0 aromatic carbocycles. The van der Waals surface area contributed by atoms with Crippen LogP contribution >= 0.6 is 11.8 Å². The summed E-state index contributed by atoms with van der Waals surface area (Å²) in [6.07, 6.45) is 0.941. The minimum Gasteiger partial charge on any atom is -0.288 e. The zero-order chi connectivity index (χ0) is 7.56. The number of thioether (sulfide) groups is 1. The van der Waals surface area contributed by atoms with Gasteiger partial charge in [-0.2, -0.15) is 0 Å². The molecular weight excluding hydrogens is 168 g/mol. The largest absolute Gasteiger partial charge is 0.288 e. The minimum atomic E-state index is -0.642. The van der Waals surface area contributed by atoms with Gasteiger partial charge in [-0.05, 0) is 6.42 Å². The minimum absolute atomic E-state index is 0.143. The van der Waals surface area contributed by atoms with Crippen LogP contribution in [0.15, 0.2) is 0 Å². The number of carbonyl (C=O) groups excluding carboxylic acids is 1. The second-order valence-corrected chi connectivity index (χ2v) is 5.43. The van der Waals surface area contributed by atoms with Crippen molar-refractivity contribution in [3.8, 4) is 0 Å². The molecule has 4 heteroatoms. The highest BCUT2D eigenvalue weighted by Crippen LogP contribution is 2.22. The smallest absolute Gasteiger partial charge is 0.186 e. The van der Waals surface area contributed by atoms with Gasteiger partial charge in [0.05, 0.1) is 0 Å². The second-order valence-electron chi connectivity index (χ2n) is 2.33. The van der Waals surface area contributed by atoms with Crippen molar-refractivity contribution in [2.45, 2.75) is 18.6 Å². The van der Waals surface area contributed by atoms with Crippen molar-refractivity contribution >= 4 is 27.7 Å². The molecule has 2 atom stereocenters. The molecule has 2 nitrogen and oxygen atoms in total. The molecule has 1 heterocycles. The van der Waals surface area contributed by atoms with Gasteiger partial charge in [0.15, 0.2) is 5.12 Å². The van der Waals surface area contributed by atoms with Crippen LogP contribution in [-0.4, -0.2) is 26.1 Å². The van der Waals surface area contributed by atoms with Gasteiger partial charge in [0.1, 0.15) is 0 Å². The van der Waals surface area contributed by atoms with Gasteiger partial charge >= 0.3 is 0 Å². The molecule has 1 fully saturated rings. The van der Waals surface area contributed by atoms with Crippen LogP contribution < -0.4 is 0 Å². The van der Waals surface area contributed by atoms with Crippen LogP contribution in [0.1, 0.15) is 13.3 Å². The van der Waals surface area contributed by atoms with E-state index in [0.717, 1.165) is 12.2 Å². The lowest BCUT2D eigenvalue weighted by atomic mass is 10.4. The van der Waals surface area contributed by atoms with Gasteiger partial charge in [-0.3, -0.25) is 9.00 Å². The van der Waals surface area contributed by atoms with Gasteiger partial charge in [-0.15, -0.1) is 0 Å². The molecule has 0 spiro atoms. The molecule has 10 heavy (non-hydrogen) atoms. The highest BCUT2D eigenvalue weighted by molar-refractivity contribution is 8.14. The van der Waals surface area contributed by atoms with Crippen LogP contribution in [0.2, 0.25) is 0 Å². The predicted octanol–water partition coefficient (Wildman–Crippen LogP) is 0.787. The summed E-state index contributed by atoms with van der Waals surface area (Å²) in [6, 6.07) is 0. The number of hydrogen-bond acceptors (Lipinski definition) is 3. The van der Waals surface area contributed by atoms with E-state index >= 15 is 0 Å². The second kappa shape index (κ2) is 3.53. The molecule has 0 bridgehead atoms. The summed E-state index contributed by atoms with van der Waals surface area (Å²) in [5.74, 6) is 1.50. The first-order valence-electron chi connectivity index (χ1n) is 3.20. The molecule has 0 saturated carbocycles. The standard InChI is InChI=1S/C6H10O2S2/c1-5(7)9-6-2-3-10(8)4-6/h6H,2-4H2,1H3/t6-,10-/m0/s1. The van der Waals surface area contributed by atoms with Crippen molar-refractivity contribution in [2.24, 2.45) is 0 Å². The average Bonchev–Trinajstić information content (AvgIpc) is 2.13. The molecule has 1 aliphatic heterocycles. The molecule has 0 aromatic heterocycles. The molecule has 0 aliphatic carbocycles. The van der Waals surface area contributed by atoms with E-state index in [1.165, 1.54) is 11.8 Å². The monoisotopic (exact) mass is 178 g/mol. The van der Waals surface area contributed by atoms with Crippen LogP contribution in [0, 0.1) is 0 Å². The Morgan fingerprint density at radius 1 is 1.70 bits per heavy atom. The van der Waals surface area contributed by atoms with Crippen molar-refractivity contribution < 1.29 is 9.00 Å². The van der Waals surface area contributed by atoms with Crippen molar-refractivity contribution in [1.29, 1.82) is 0 Å². The fourth-order valence-corrected chi connectivity index (χ4v) is 3.84. The van der Waals surface area contributed by atoms with Gasteiger partial charge in [-0.25, -0.2) is 0 Å². The normalized spacial score (nSPS) is 32.5. The van der Waals surface area contributed by atoms with Crippen molar-refractivity contribution in [2.75, 3.05) is 11.5 Å². The first-order valence-corrected chi connectivity index (χ1v) is 5.57. The molecule has 1 aliphatic rings. The van der Waals surface area contributed by atoms with Crippen LogP contribution in [0.25, 0.3) is 0 Å². The fourth-order valence-electron chi connectivity index (χ4n) is 0.965. The van der Waals surface area contributed by atoms with Gasteiger partial charge in [0.2, 0.25) is 0 Å². The van der Waals surface area contributed by atoms with E-state index in [4.69, 9.17) is 0 Å². The lowest BCUT2D eigenvalue weighted by Gasteiger charge is -2.01. The van der Waals surface area contributed by atoms with E-state index < -0.39 is 10.8 Å². The van der Waals surface area contributed by atoms with Gasteiger partial charge in [0.25, 0.3) is 0 Å². The quantitative estimate of drug-likeness (QED) is 0.595. The van der Waals surface area contributed by atoms with Crippen molar-refractivity contribution in [1.82, 2.24) is 0 Å². The highest BCUT2D eigenvalue weighted by Gasteiger charge is 2.22. The van der Waals surface area contributed by atoms with Gasteiger partial charge < -0.3 is 0 Å². The van der Waals surface area contributed by atoms with Crippen LogP contribution in [0.5, 0.6) is 0 Å². The van der Waals surface area contributed by atoms with E-state index in [9.17, 15) is 9.00 Å². The van der Waals surface area contributed by atoms with Crippen LogP contribution in [-0.2, 0) is 15.6 Å². The molecule has 0 unspecified atom stereocenters. The maximum absolute atomic E-state index is 10.8. The Morgan fingerprint density at radius 2 is 2.40 bits per heavy atom. The molecule has 0 aromatic rings. The maximum Gasteiger partial charge on any atom is 0.186 e. The molecule has 1 rings (SSSR count). The van der Waals surface area contributed by atoms with Crippen molar-refractivity contribution in [3.05, 3.63) is 0 Å². The van der Waals surface area contributed by atoms with E-state index in [1.807, 2.05) is 0 Å². The first-order chi connectivity index (χ1) is 4.68. The summed E-state index contributed by atoms with van der Waals surface area (Å²) in [7, 11) is -0.642. The average molecular weight is 178 g/mol. The highest BCUT2D eigenvalue weighted by atomic mass is 32.2. The van der Waals surface area contributed by atoms with Gasteiger partial charge in [-0.1, -0.05) is 11.8 Å². The summed E-state index contributed by atoms with van der Waals surface area (Å²) in [5, 5.41) is 0.474. The molecular formula is C6H10O2S2. The van der Waals surface area contributed by atoms with Crippen LogP contribution in [0.4, 0.5) is 0 Å². The van der Waals surface area contributed by atoms with Crippen molar-refractivity contribution in [3.63, 3.8) is 0 Å². The Hall–Kier alpha value is 0.170. The predicted molar refractivity (Wildman–Crippen MR) is 44.6 cm³/mol. The first kappa shape index (κ1) is 8.27. The van der Waals surface area contributed by atoms with E-state index in [-0.39, 0.29) is 5.12 Å². The Labute approximate surface area is 67.2 Å². The molecule has 0 radical (unpaired) electrons. The molecule has 0 N–H and O–H groups in total. The van der Waals surface area contributed by atoms with E-state index in [0.29, 0.717) is 11.0 Å². The Kier molecular flexibility index (Phi) is 2.92. The third-order valence-electron chi connectivity index (χ3n) is 1.37. The molecule has 0 amide bonds. The SMILES string of the molecule is CC(=O)S[C@H]1CC[S@](=O)C1. The third kappa shape index (κ3) is 2.42. The summed E-state index contributed by atoms with van der Waals surface area (Å²) >= 11 is 1.33. The number of carbonyl (C=O) groups is 1. The van der Waals surface area contributed by atoms with E-state index in [1.54, 1.807) is 6.92 Å². The summed E-state index contributed by atoms with van der Waals surface area (Å²) in [6.45, 7) is 1.56. The zero-order valence-corrected chi connectivity index (χ0v) is 7.46. The lowest BCUT2D eigenvalue weighted by molar-refractivity contribution is -0.109. The van der Waals surface area contributed by atoms with Crippen LogP contribution in [0.3, 0.4) is 0 Å². The molecule has 1 saturated heterocycles. The number of hydrogen-bond donors (Lipinski definition) is 0. The maximum atomic E-state index is 10.8. The summed E-state index contributed by atoms with van der Waals surface area (Å²) in [5.41, 5.74) is 0. The number of rotatable bonds is 1. The fraction of sp³-hybridized carbons (Fsp3) is 0.833. The third-order valence-corrected chi connectivity index (χ3v) is 4.12. The zero-order valence-electron chi connectivity index (χ0n) is 5.83. The topological polar surface area (TPSA) is 34.1 Å². The molecule has 58 valence electrons. The van der Waals surface area contributed by atoms with E-state index in [2.05, 4.69) is 0 Å². The lowest BCUT2D eigenvalue weighted by Crippen LogP contribution is -2.04. The summed E-state index contributed by atoms with van der Waals surface area (Å²) in [4.78, 5) is 10.6. The Balaban J connectivity index is 2.31. The Bertz CT molecular complexity index is 167. The van der Waals surface area contributed by atoms with Gasteiger partial charge in [0, 0.05) is 34.5 Å². The Morgan fingerprint density at radius 3 is 2.80 bits per heavy atom. The summed E-state index contributed by atoms with van der Waals surface area (Å²) < 4.78 is 10.8.